The molecule has 0 fully saturated rings. The molecule has 0 bridgehead atoms. The van der Waals surface area contributed by atoms with Gasteiger partial charge in [0, 0.05) is 21.5 Å². The van der Waals surface area contributed by atoms with E-state index in [0.29, 0.717) is 32.4 Å². The van der Waals surface area contributed by atoms with E-state index in [1.807, 2.05) is 0 Å². The van der Waals surface area contributed by atoms with Gasteiger partial charge in [0.1, 0.15) is 5.75 Å². The molecule has 0 unspecified atom stereocenters. The molecule has 1 aromatic heterocycles. The first-order chi connectivity index (χ1) is 10.7. The largest absolute Gasteiger partial charge is 0.507 e. The molecule has 22 heavy (non-hydrogen) atoms. The minimum Gasteiger partial charge on any atom is -0.507 e. The fourth-order valence-corrected chi connectivity index (χ4v) is 2.86. The van der Waals surface area contributed by atoms with Crippen molar-refractivity contribution in [1.29, 1.82) is 5.53 Å². The Kier molecular flexibility index (Phi) is 2.47. The van der Waals surface area contributed by atoms with E-state index in [0.717, 1.165) is 0 Å². The first-order valence-electron chi connectivity index (χ1n) is 6.63. The van der Waals surface area contributed by atoms with Crippen LogP contribution in [-0.4, -0.2) is 15.1 Å². The third-order valence-electron chi connectivity index (χ3n) is 3.86. The summed E-state index contributed by atoms with van der Waals surface area (Å²) in [5.74, 6) is 0.296. The van der Waals surface area contributed by atoms with E-state index in [1.165, 1.54) is 6.33 Å². The van der Waals surface area contributed by atoms with Crippen molar-refractivity contribution in [2.45, 2.75) is 0 Å². The fraction of sp³-hybridized carbons (Fsp3) is 0. The summed E-state index contributed by atoms with van der Waals surface area (Å²) in [4.78, 5) is 19.7. The van der Waals surface area contributed by atoms with E-state index >= 15 is 0 Å². The first kappa shape index (κ1) is 12.5. The van der Waals surface area contributed by atoms with E-state index in [4.69, 9.17) is 5.53 Å². The highest BCUT2D eigenvalue weighted by Crippen LogP contribution is 2.35. The summed E-state index contributed by atoms with van der Waals surface area (Å²) in [6.07, 6.45) is 1.39. The summed E-state index contributed by atoms with van der Waals surface area (Å²) >= 11 is 0. The van der Waals surface area contributed by atoms with Gasteiger partial charge in [0.25, 0.3) is 0 Å². The highest BCUT2D eigenvalue weighted by Gasteiger charge is 2.15. The predicted octanol–water partition coefficient (Wildman–Crippen LogP) is 3.60. The van der Waals surface area contributed by atoms with Crippen LogP contribution in [-0.2, 0) is 0 Å². The van der Waals surface area contributed by atoms with Gasteiger partial charge in [-0.25, -0.2) is 10.5 Å². The Bertz CT molecular complexity index is 1130. The molecule has 0 aliphatic heterocycles. The van der Waals surface area contributed by atoms with Gasteiger partial charge in [-0.3, -0.25) is 4.79 Å². The van der Waals surface area contributed by atoms with Gasteiger partial charge >= 0.3 is 0 Å². The number of phenolic OH excluding ortho intramolecular Hbond substituents is 1. The van der Waals surface area contributed by atoms with Crippen molar-refractivity contribution in [2.75, 3.05) is 0 Å². The van der Waals surface area contributed by atoms with Crippen molar-refractivity contribution in [3.05, 3.63) is 52.9 Å². The molecule has 3 aromatic carbocycles. The maximum absolute atomic E-state index is 12.8. The summed E-state index contributed by atoms with van der Waals surface area (Å²) in [5, 5.41) is 16.3. The number of H-pyrrole nitrogens is 1. The average Bonchev–Trinajstić information content (AvgIpc) is 2.58. The average molecular weight is 290 g/mol. The Morgan fingerprint density at radius 2 is 1.77 bits per heavy atom. The molecular weight excluding hydrogens is 280 g/mol. The summed E-state index contributed by atoms with van der Waals surface area (Å²) in [5.41, 5.74) is 7.53. The summed E-state index contributed by atoms with van der Waals surface area (Å²) < 4.78 is 0. The zero-order chi connectivity index (χ0) is 15.3. The molecule has 4 aromatic rings. The van der Waals surface area contributed by atoms with Gasteiger partial charge in [0.2, 0.25) is 0 Å². The number of fused-ring (bicyclic) bond motifs is 4. The molecule has 0 atom stereocenters. The quantitative estimate of drug-likeness (QED) is 0.283. The van der Waals surface area contributed by atoms with Crippen molar-refractivity contribution in [3.8, 4) is 5.75 Å². The molecule has 106 valence electrons. The zero-order valence-corrected chi connectivity index (χ0v) is 11.3. The Labute approximate surface area is 123 Å². The molecule has 0 saturated heterocycles. The molecule has 3 N–H and O–H groups in total. The van der Waals surface area contributed by atoms with Crippen molar-refractivity contribution in [1.82, 2.24) is 9.97 Å². The molecule has 0 spiro atoms. The Balaban J connectivity index is 2.38. The smallest absolute Gasteiger partial charge is 0.196 e. The van der Waals surface area contributed by atoms with Crippen LogP contribution in [0.2, 0.25) is 0 Å². The van der Waals surface area contributed by atoms with E-state index in [-0.39, 0.29) is 17.0 Å². The van der Waals surface area contributed by atoms with Crippen LogP contribution in [0.15, 0.2) is 52.6 Å². The Hall–Kier alpha value is -3.28. The van der Waals surface area contributed by atoms with Crippen LogP contribution in [0.1, 0.15) is 0 Å². The molecule has 6 heteroatoms. The van der Waals surface area contributed by atoms with Gasteiger partial charge in [-0.1, -0.05) is 24.3 Å². The van der Waals surface area contributed by atoms with Crippen LogP contribution in [0.3, 0.4) is 0 Å². The third-order valence-corrected chi connectivity index (χ3v) is 3.86. The molecule has 0 saturated carbocycles. The molecule has 1 heterocycles. The molecule has 6 nitrogen and oxygen atoms in total. The second kappa shape index (κ2) is 4.36. The first-order valence-corrected chi connectivity index (χ1v) is 6.63. The number of aromatic nitrogens is 2. The summed E-state index contributed by atoms with van der Waals surface area (Å²) in [6.45, 7) is 0. The van der Waals surface area contributed by atoms with E-state index in [9.17, 15) is 9.90 Å². The number of phenols is 1. The van der Waals surface area contributed by atoms with Gasteiger partial charge in [-0.05, 0) is 12.1 Å². The topological polar surface area (TPSA) is 102 Å². The van der Waals surface area contributed by atoms with Crippen LogP contribution in [0, 0.1) is 5.53 Å². The van der Waals surface area contributed by atoms with Gasteiger partial charge in [-0.15, -0.1) is 5.11 Å². The standard InChI is InChI=1S/C16H10N4O2/c17-20-16-11-6-5-10-12(13(11)18-7-19-16)15(22)9-4-2-1-3-8(9)14(10)21/h1-7,17,21H,(H,18,19). The Morgan fingerprint density at radius 3 is 2.55 bits per heavy atom. The second-order valence-corrected chi connectivity index (χ2v) is 4.97. The maximum atomic E-state index is 12.8. The molecule has 4 rings (SSSR count). The highest BCUT2D eigenvalue weighted by atomic mass is 16.3. The van der Waals surface area contributed by atoms with Gasteiger partial charge in [0.05, 0.1) is 17.2 Å². The number of aromatic amines is 1. The lowest BCUT2D eigenvalue weighted by atomic mass is 9.99. The SMILES string of the molecule is N=Nc1nc[nH]c2c1ccc1c(O)c3ccccc3c(=O)c12. The lowest BCUT2D eigenvalue weighted by Crippen LogP contribution is -2.04. The van der Waals surface area contributed by atoms with Crippen LogP contribution in [0.5, 0.6) is 5.75 Å². The predicted molar refractivity (Wildman–Crippen MR) is 83.8 cm³/mol. The van der Waals surface area contributed by atoms with Crippen LogP contribution >= 0.6 is 0 Å². The van der Waals surface area contributed by atoms with Crippen molar-refractivity contribution < 1.29 is 5.11 Å². The number of benzene rings is 3. The zero-order valence-electron chi connectivity index (χ0n) is 11.3. The van der Waals surface area contributed by atoms with Crippen LogP contribution in [0.25, 0.3) is 32.4 Å². The van der Waals surface area contributed by atoms with E-state index in [2.05, 4.69) is 15.1 Å². The van der Waals surface area contributed by atoms with Crippen LogP contribution in [0.4, 0.5) is 5.82 Å². The number of rotatable bonds is 1. The number of nitrogens with one attached hydrogen (secondary N) is 2. The minimum atomic E-state index is -0.174. The molecule has 0 aliphatic carbocycles. The molecular formula is C16H10N4O2. The van der Waals surface area contributed by atoms with Crippen molar-refractivity contribution in [2.24, 2.45) is 5.11 Å². The summed E-state index contributed by atoms with van der Waals surface area (Å²) in [6, 6.07) is 10.3. The second-order valence-electron chi connectivity index (χ2n) is 4.97. The molecule has 0 aliphatic rings. The number of hydrogen-bond donors (Lipinski definition) is 3. The maximum Gasteiger partial charge on any atom is 0.196 e. The van der Waals surface area contributed by atoms with Gasteiger partial charge < -0.3 is 10.1 Å². The molecule has 0 amide bonds. The van der Waals surface area contributed by atoms with E-state index < -0.39 is 0 Å². The minimum absolute atomic E-state index is 0.0710. The third kappa shape index (κ3) is 1.49. The number of hydrogen-bond acceptors (Lipinski definition) is 5. The Morgan fingerprint density at radius 1 is 1.05 bits per heavy atom. The highest BCUT2D eigenvalue weighted by molar-refractivity contribution is 6.15. The van der Waals surface area contributed by atoms with Gasteiger partial charge in [-0.2, -0.15) is 0 Å². The van der Waals surface area contributed by atoms with Crippen LogP contribution < -0.4 is 5.43 Å². The number of aromatic hydroxyl groups is 1. The lowest BCUT2D eigenvalue weighted by molar-refractivity contribution is 0.488. The fourth-order valence-electron chi connectivity index (χ4n) is 2.86. The normalized spacial score (nSPS) is 11.3. The number of nitrogens with zero attached hydrogens (tertiary/aromatic N) is 2. The summed E-state index contributed by atoms with van der Waals surface area (Å²) in [7, 11) is 0. The monoisotopic (exact) mass is 290 g/mol. The van der Waals surface area contributed by atoms with Gasteiger partial charge in [0.15, 0.2) is 11.2 Å². The molecule has 0 radical (unpaired) electrons. The van der Waals surface area contributed by atoms with E-state index in [1.54, 1.807) is 36.4 Å². The van der Waals surface area contributed by atoms with Crippen molar-refractivity contribution >= 4 is 38.3 Å². The lowest BCUT2D eigenvalue weighted by Gasteiger charge is -2.08. The van der Waals surface area contributed by atoms with Crippen molar-refractivity contribution in [3.63, 3.8) is 0 Å².